The molecule has 0 fully saturated rings. The first-order chi connectivity index (χ1) is 9.60. The normalized spacial score (nSPS) is 10.3. The molecule has 1 aromatic heterocycles. The van der Waals surface area contributed by atoms with E-state index in [0.717, 1.165) is 24.2 Å². The highest BCUT2D eigenvalue weighted by Gasteiger charge is 2.11. The van der Waals surface area contributed by atoms with E-state index in [1.807, 2.05) is 25.1 Å². The third-order valence-electron chi connectivity index (χ3n) is 2.92. The number of nitrogens with zero attached hydrogens (tertiary/aromatic N) is 1. The zero-order chi connectivity index (χ0) is 14.5. The Kier molecular flexibility index (Phi) is 4.40. The second kappa shape index (κ2) is 6.23. The topological polar surface area (TPSA) is 67.2 Å². The molecule has 0 aliphatic heterocycles. The van der Waals surface area contributed by atoms with Gasteiger partial charge in [0.1, 0.15) is 5.76 Å². The minimum Gasteiger partial charge on any atom is -0.385 e. The third-order valence-corrected chi connectivity index (χ3v) is 2.92. The molecule has 0 bridgehead atoms. The lowest BCUT2D eigenvalue weighted by Gasteiger charge is -2.09. The van der Waals surface area contributed by atoms with Gasteiger partial charge in [0.05, 0.1) is 0 Å². The molecule has 0 unspecified atom stereocenters. The molecule has 0 spiro atoms. The van der Waals surface area contributed by atoms with Crippen LogP contribution in [0.5, 0.6) is 0 Å². The van der Waals surface area contributed by atoms with Crippen LogP contribution in [0.1, 0.15) is 35.0 Å². The fraction of sp³-hybridized carbons (Fsp3) is 0.333. The number of benzene rings is 1. The highest BCUT2D eigenvalue weighted by atomic mass is 16.5. The molecule has 2 rings (SSSR count). The van der Waals surface area contributed by atoms with Crippen LogP contribution in [0.2, 0.25) is 0 Å². The molecule has 106 valence electrons. The van der Waals surface area contributed by atoms with E-state index in [1.54, 1.807) is 13.0 Å². The van der Waals surface area contributed by atoms with Crippen LogP contribution in [0.25, 0.3) is 0 Å². The van der Waals surface area contributed by atoms with Gasteiger partial charge in [-0.15, -0.1) is 0 Å². The standard InChI is InChI=1S/C15H19N3O2/c1-4-7-16-12-5-6-13(10(2)8-12)15(19)17-14-9-11(3)20-18-14/h5-6,8-9,16H,4,7H2,1-3H3,(H,17,18,19). The van der Waals surface area contributed by atoms with E-state index in [4.69, 9.17) is 4.52 Å². The van der Waals surface area contributed by atoms with Gasteiger partial charge >= 0.3 is 0 Å². The van der Waals surface area contributed by atoms with Crippen molar-refractivity contribution in [1.82, 2.24) is 5.16 Å². The number of nitrogens with one attached hydrogen (secondary N) is 2. The van der Waals surface area contributed by atoms with Crippen LogP contribution in [-0.4, -0.2) is 17.6 Å². The zero-order valence-electron chi connectivity index (χ0n) is 12.0. The fourth-order valence-corrected chi connectivity index (χ4v) is 1.91. The number of hydrogen-bond acceptors (Lipinski definition) is 4. The van der Waals surface area contributed by atoms with E-state index in [1.165, 1.54) is 0 Å². The summed E-state index contributed by atoms with van der Waals surface area (Å²) < 4.78 is 4.92. The van der Waals surface area contributed by atoms with Gasteiger partial charge in [-0.3, -0.25) is 4.79 Å². The van der Waals surface area contributed by atoms with Gasteiger partial charge in [0.15, 0.2) is 5.82 Å². The predicted molar refractivity (Wildman–Crippen MR) is 79.2 cm³/mol. The lowest BCUT2D eigenvalue weighted by Crippen LogP contribution is -2.14. The monoisotopic (exact) mass is 273 g/mol. The Hall–Kier alpha value is -2.30. The van der Waals surface area contributed by atoms with Crippen molar-refractivity contribution < 1.29 is 9.32 Å². The second-order valence-corrected chi connectivity index (χ2v) is 4.73. The van der Waals surface area contributed by atoms with Crippen molar-refractivity contribution >= 4 is 17.4 Å². The summed E-state index contributed by atoms with van der Waals surface area (Å²) in [5.41, 5.74) is 2.58. The van der Waals surface area contributed by atoms with E-state index >= 15 is 0 Å². The average molecular weight is 273 g/mol. The summed E-state index contributed by atoms with van der Waals surface area (Å²) >= 11 is 0. The zero-order valence-corrected chi connectivity index (χ0v) is 12.0. The fourth-order valence-electron chi connectivity index (χ4n) is 1.91. The largest absolute Gasteiger partial charge is 0.385 e. The van der Waals surface area contributed by atoms with Crippen LogP contribution in [-0.2, 0) is 0 Å². The van der Waals surface area contributed by atoms with Crippen molar-refractivity contribution in [2.75, 3.05) is 17.2 Å². The summed E-state index contributed by atoms with van der Waals surface area (Å²) in [5.74, 6) is 0.911. The van der Waals surface area contributed by atoms with Crippen molar-refractivity contribution in [1.29, 1.82) is 0 Å². The smallest absolute Gasteiger partial charge is 0.257 e. The van der Waals surface area contributed by atoms with Gasteiger partial charge in [-0.2, -0.15) is 0 Å². The van der Waals surface area contributed by atoms with Crippen molar-refractivity contribution in [3.05, 3.63) is 41.2 Å². The van der Waals surface area contributed by atoms with Gasteiger partial charge in [0.25, 0.3) is 5.91 Å². The van der Waals surface area contributed by atoms with Gasteiger partial charge in [-0.1, -0.05) is 12.1 Å². The molecular formula is C15H19N3O2. The summed E-state index contributed by atoms with van der Waals surface area (Å²) in [4.78, 5) is 12.2. The first-order valence-corrected chi connectivity index (χ1v) is 6.69. The molecule has 0 radical (unpaired) electrons. The highest BCUT2D eigenvalue weighted by Crippen LogP contribution is 2.17. The van der Waals surface area contributed by atoms with E-state index in [9.17, 15) is 4.79 Å². The molecule has 5 nitrogen and oxygen atoms in total. The van der Waals surface area contributed by atoms with Gasteiger partial charge in [0, 0.05) is 23.9 Å². The SMILES string of the molecule is CCCNc1ccc(C(=O)Nc2cc(C)on2)c(C)c1. The van der Waals surface area contributed by atoms with Gasteiger partial charge in [0.2, 0.25) is 0 Å². The molecule has 20 heavy (non-hydrogen) atoms. The number of anilines is 2. The third kappa shape index (κ3) is 3.38. The van der Waals surface area contributed by atoms with Crippen LogP contribution in [0.4, 0.5) is 11.5 Å². The summed E-state index contributed by atoms with van der Waals surface area (Å²) in [6.07, 6.45) is 1.06. The minimum absolute atomic E-state index is 0.183. The molecule has 1 amide bonds. The van der Waals surface area contributed by atoms with Gasteiger partial charge in [-0.05, 0) is 44.0 Å². The summed E-state index contributed by atoms with van der Waals surface area (Å²) in [5, 5.41) is 9.76. The number of carbonyl (C=O) groups is 1. The molecule has 1 aromatic carbocycles. The Balaban J connectivity index is 2.09. The molecule has 2 N–H and O–H groups in total. The first-order valence-electron chi connectivity index (χ1n) is 6.69. The number of aromatic nitrogens is 1. The highest BCUT2D eigenvalue weighted by molar-refractivity contribution is 6.05. The van der Waals surface area contributed by atoms with Crippen molar-refractivity contribution in [2.24, 2.45) is 0 Å². The van der Waals surface area contributed by atoms with Crippen LogP contribution < -0.4 is 10.6 Å². The predicted octanol–water partition coefficient (Wildman–Crippen LogP) is 3.37. The second-order valence-electron chi connectivity index (χ2n) is 4.73. The van der Waals surface area contributed by atoms with E-state index < -0.39 is 0 Å². The molecule has 0 saturated carbocycles. The number of carbonyl (C=O) groups excluding carboxylic acids is 1. The lowest BCUT2D eigenvalue weighted by atomic mass is 10.1. The van der Waals surface area contributed by atoms with E-state index in [2.05, 4.69) is 22.7 Å². The Labute approximate surface area is 118 Å². The van der Waals surface area contributed by atoms with Gasteiger partial charge < -0.3 is 15.2 Å². The molecule has 1 heterocycles. The van der Waals surface area contributed by atoms with E-state index in [-0.39, 0.29) is 5.91 Å². The van der Waals surface area contributed by atoms with Crippen LogP contribution in [0, 0.1) is 13.8 Å². The maximum absolute atomic E-state index is 12.2. The summed E-state index contributed by atoms with van der Waals surface area (Å²) in [7, 11) is 0. The van der Waals surface area contributed by atoms with Crippen molar-refractivity contribution in [3.63, 3.8) is 0 Å². The lowest BCUT2D eigenvalue weighted by molar-refractivity contribution is 0.102. The van der Waals surface area contributed by atoms with Gasteiger partial charge in [-0.25, -0.2) is 0 Å². The number of amides is 1. The molecule has 2 aromatic rings. The van der Waals surface area contributed by atoms with Crippen molar-refractivity contribution in [3.8, 4) is 0 Å². The number of hydrogen-bond donors (Lipinski definition) is 2. The Morgan fingerprint density at radius 3 is 2.70 bits per heavy atom. The van der Waals surface area contributed by atoms with Crippen LogP contribution >= 0.6 is 0 Å². The van der Waals surface area contributed by atoms with Crippen LogP contribution in [0.15, 0.2) is 28.8 Å². The molecule has 0 aliphatic rings. The number of aryl methyl sites for hydroxylation is 2. The number of rotatable bonds is 5. The molecule has 5 heteroatoms. The quantitative estimate of drug-likeness (QED) is 0.876. The maximum atomic E-state index is 12.2. The maximum Gasteiger partial charge on any atom is 0.257 e. The summed E-state index contributed by atoms with van der Waals surface area (Å²) in [6.45, 7) is 6.73. The molecule has 0 aliphatic carbocycles. The average Bonchev–Trinajstić information content (AvgIpc) is 2.81. The van der Waals surface area contributed by atoms with Crippen LogP contribution in [0.3, 0.4) is 0 Å². The summed E-state index contributed by atoms with van der Waals surface area (Å²) in [6, 6.07) is 7.38. The minimum atomic E-state index is -0.183. The van der Waals surface area contributed by atoms with Crippen molar-refractivity contribution in [2.45, 2.75) is 27.2 Å². The Bertz CT molecular complexity index is 605. The Morgan fingerprint density at radius 1 is 1.30 bits per heavy atom. The molecular weight excluding hydrogens is 254 g/mol. The first kappa shape index (κ1) is 14.1. The molecule has 0 atom stereocenters. The molecule has 0 saturated heterocycles. The van der Waals surface area contributed by atoms with E-state index in [0.29, 0.717) is 17.1 Å². The Morgan fingerprint density at radius 2 is 2.10 bits per heavy atom.